The van der Waals surface area contributed by atoms with Crippen LogP contribution in [-0.2, 0) is 16.0 Å². The molecule has 114 valence electrons. The highest BCUT2D eigenvalue weighted by Gasteiger charge is 2.26. The fourth-order valence-corrected chi connectivity index (χ4v) is 2.58. The zero-order valence-corrected chi connectivity index (χ0v) is 12.0. The van der Waals surface area contributed by atoms with Crippen LogP contribution >= 0.6 is 0 Å². The van der Waals surface area contributed by atoms with Crippen LogP contribution in [0.4, 0.5) is 0 Å². The van der Waals surface area contributed by atoms with Crippen molar-refractivity contribution in [3.63, 3.8) is 0 Å². The smallest absolute Gasteiger partial charge is 0.326 e. The van der Waals surface area contributed by atoms with E-state index in [1.807, 2.05) is 30.3 Å². The maximum absolute atomic E-state index is 12.1. The lowest BCUT2D eigenvalue weighted by atomic mass is 9.97. The zero-order valence-electron chi connectivity index (χ0n) is 12.0. The minimum absolute atomic E-state index is 0.114. The highest BCUT2D eigenvalue weighted by atomic mass is 16.4. The van der Waals surface area contributed by atoms with Crippen molar-refractivity contribution in [2.75, 3.05) is 13.1 Å². The largest absolute Gasteiger partial charge is 0.480 e. The van der Waals surface area contributed by atoms with Crippen LogP contribution in [0.15, 0.2) is 30.3 Å². The number of benzene rings is 1. The maximum Gasteiger partial charge on any atom is 0.326 e. The lowest BCUT2D eigenvalue weighted by Crippen LogP contribution is -2.47. The fourth-order valence-electron chi connectivity index (χ4n) is 2.58. The Kier molecular flexibility index (Phi) is 5.75. The number of carbonyl (C=O) groups excluding carboxylic acids is 1. The monoisotopic (exact) mass is 290 g/mol. The van der Waals surface area contributed by atoms with E-state index >= 15 is 0 Å². The summed E-state index contributed by atoms with van der Waals surface area (Å²) >= 11 is 0. The molecule has 0 radical (unpaired) electrons. The van der Waals surface area contributed by atoms with Crippen molar-refractivity contribution >= 4 is 11.9 Å². The molecule has 2 atom stereocenters. The average Bonchev–Trinajstić information content (AvgIpc) is 2.52. The second-order valence-corrected chi connectivity index (χ2v) is 5.47. The van der Waals surface area contributed by atoms with Crippen molar-refractivity contribution in [1.29, 1.82) is 0 Å². The first-order valence-corrected chi connectivity index (χ1v) is 7.44. The van der Waals surface area contributed by atoms with E-state index in [4.69, 9.17) is 0 Å². The molecule has 0 aromatic heterocycles. The van der Waals surface area contributed by atoms with Crippen LogP contribution < -0.4 is 10.6 Å². The minimum atomic E-state index is -0.969. The first-order chi connectivity index (χ1) is 10.2. The highest BCUT2D eigenvalue weighted by molar-refractivity contribution is 5.85. The maximum atomic E-state index is 12.1. The third-order valence-corrected chi connectivity index (χ3v) is 3.85. The number of carbonyl (C=O) groups is 2. The topological polar surface area (TPSA) is 78.4 Å². The molecule has 1 aliphatic rings. The van der Waals surface area contributed by atoms with Crippen LogP contribution in [0.3, 0.4) is 0 Å². The van der Waals surface area contributed by atoms with E-state index in [-0.39, 0.29) is 11.8 Å². The summed E-state index contributed by atoms with van der Waals surface area (Å²) in [6, 6.07) is 8.89. The summed E-state index contributed by atoms with van der Waals surface area (Å²) in [5.74, 6) is -1.23. The van der Waals surface area contributed by atoms with Crippen LogP contribution in [-0.4, -0.2) is 36.1 Å². The van der Waals surface area contributed by atoms with Crippen molar-refractivity contribution in [1.82, 2.24) is 10.6 Å². The third-order valence-electron chi connectivity index (χ3n) is 3.85. The van der Waals surface area contributed by atoms with Crippen molar-refractivity contribution in [3.05, 3.63) is 35.9 Å². The lowest BCUT2D eigenvalue weighted by molar-refractivity contribution is -0.142. The quantitative estimate of drug-likeness (QED) is 0.735. The Morgan fingerprint density at radius 1 is 1.33 bits per heavy atom. The molecule has 0 spiro atoms. The third kappa shape index (κ3) is 4.86. The second kappa shape index (κ2) is 7.78. The SMILES string of the molecule is O=C(N[C@@H](CCc1ccccc1)C(=O)O)C1CCCNC1. The number of hydrogen-bond acceptors (Lipinski definition) is 3. The first-order valence-electron chi connectivity index (χ1n) is 7.44. The summed E-state index contributed by atoms with van der Waals surface area (Å²) in [6.45, 7) is 1.57. The van der Waals surface area contributed by atoms with E-state index in [9.17, 15) is 14.7 Å². The molecule has 21 heavy (non-hydrogen) atoms. The molecule has 0 aliphatic carbocycles. The molecule has 0 bridgehead atoms. The summed E-state index contributed by atoms with van der Waals surface area (Å²) in [7, 11) is 0. The van der Waals surface area contributed by atoms with Gasteiger partial charge in [0.2, 0.25) is 5.91 Å². The normalized spacial score (nSPS) is 19.7. The fraction of sp³-hybridized carbons (Fsp3) is 0.500. The van der Waals surface area contributed by atoms with Gasteiger partial charge in [0.15, 0.2) is 0 Å². The van der Waals surface area contributed by atoms with E-state index in [0.29, 0.717) is 19.4 Å². The molecular formula is C16H22N2O3. The molecule has 5 heteroatoms. The highest BCUT2D eigenvalue weighted by Crippen LogP contribution is 2.11. The van der Waals surface area contributed by atoms with Gasteiger partial charge in [0, 0.05) is 6.54 Å². The van der Waals surface area contributed by atoms with Gasteiger partial charge in [-0.25, -0.2) is 4.79 Å². The van der Waals surface area contributed by atoms with Crippen LogP contribution in [0.2, 0.25) is 0 Å². The molecule has 1 fully saturated rings. The number of hydrogen-bond donors (Lipinski definition) is 3. The first kappa shape index (κ1) is 15.5. The predicted octanol–water partition coefficient (Wildman–Crippen LogP) is 1.19. The summed E-state index contributed by atoms with van der Waals surface area (Å²) in [6.07, 6.45) is 2.83. The van der Waals surface area contributed by atoms with Crippen LogP contribution in [0, 0.1) is 5.92 Å². The van der Waals surface area contributed by atoms with Gasteiger partial charge in [-0.05, 0) is 37.8 Å². The van der Waals surface area contributed by atoms with Crippen molar-refractivity contribution < 1.29 is 14.7 Å². The molecule has 1 saturated heterocycles. The molecule has 1 aromatic carbocycles. The molecule has 1 unspecified atom stereocenters. The van der Waals surface area contributed by atoms with Crippen LogP contribution in [0.25, 0.3) is 0 Å². The van der Waals surface area contributed by atoms with Gasteiger partial charge in [0.05, 0.1) is 5.92 Å². The number of amides is 1. The average molecular weight is 290 g/mol. The Bertz CT molecular complexity index is 470. The zero-order chi connectivity index (χ0) is 15.1. The Labute approximate surface area is 124 Å². The number of carboxylic acid groups (broad SMARTS) is 1. The summed E-state index contributed by atoms with van der Waals surface area (Å²) in [5, 5.41) is 15.1. The molecule has 1 aliphatic heterocycles. The van der Waals surface area contributed by atoms with E-state index in [1.54, 1.807) is 0 Å². The minimum Gasteiger partial charge on any atom is -0.480 e. The van der Waals surface area contributed by atoms with Gasteiger partial charge >= 0.3 is 5.97 Å². The second-order valence-electron chi connectivity index (χ2n) is 5.47. The van der Waals surface area contributed by atoms with E-state index in [2.05, 4.69) is 10.6 Å². The van der Waals surface area contributed by atoms with Gasteiger partial charge in [-0.1, -0.05) is 30.3 Å². The Hall–Kier alpha value is -1.88. The molecule has 1 amide bonds. The molecule has 0 saturated carbocycles. The summed E-state index contributed by atoms with van der Waals surface area (Å²) < 4.78 is 0. The number of aliphatic carboxylic acids is 1. The van der Waals surface area contributed by atoms with E-state index < -0.39 is 12.0 Å². The molecule has 1 aromatic rings. The predicted molar refractivity (Wildman–Crippen MR) is 79.9 cm³/mol. The van der Waals surface area contributed by atoms with Crippen LogP contribution in [0.5, 0.6) is 0 Å². The Morgan fingerprint density at radius 2 is 2.10 bits per heavy atom. The van der Waals surface area contributed by atoms with Gasteiger partial charge in [-0.3, -0.25) is 4.79 Å². The number of rotatable bonds is 6. The van der Waals surface area contributed by atoms with E-state index in [1.165, 1.54) is 0 Å². The lowest BCUT2D eigenvalue weighted by Gasteiger charge is -2.24. The van der Waals surface area contributed by atoms with Crippen LogP contribution in [0.1, 0.15) is 24.8 Å². The van der Waals surface area contributed by atoms with E-state index in [0.717, 1.165) is 24.9 Å². The molecular weight excluding hydrogens is 268 g/mol. The van der Waals surface area contributed by atoms with Crippen molar-refractivity contribution in [2.45, 2.75) is 31.7 Å². The Balaban J connectivity index is 1.86. The van der Waals surface area contributed by atoms with Gasteiger partial charge in [0.1, 0.15) is 6.04 Å². The summed E-state index contributed by atoms with van der Waals surface area (Å²) in [5.41, 5.74) is 1.08. The summed E-state index contributed by atoms with van der Waals surface area (Å²) in [4.78, 5) is 23.4. The van der Waals surface area contributed by atoms with Crippen molar-refractivity contribution in [3.8, 4) is 0 Å². The molecule has 2 rings (SSSR count). The number of nitrogens with one attached hydrogen (secondary N) is 2. The number of piperidine rings is 1. The van der Waals surface area contributed by atoms with Gasteiger partial charge in [-0.15, -0.1) is 0 Å². The van der Waals surface area contributed by atoms with Crippen molar-refractivity contribution in [2.24, 2.45) is 5.92 Å². The molecule has 3 N–H and O–H groups in total. The van der Waals surface area contributed by atoms with Gasteiger partial charge in [-0.2, -0.15) is 0 Å². The van der Waals surface area contributed by atoms with Gasteiger partial charge < -0.3 is 15.7 Å². The molecule has 1 heterocycles. The van der Waals surface area contributed by atoms with Gasteiger partial charge in [0.25, 0.3) is 0 Å². The Morgan fingerprint density at radius 3 is 2.71 bits per heavy atom. The standard InChI is InChI=1S/C16H22N2O3/c19-15(13-7-4-10-17-11-13)18-14(16(20)21)9-8-12-5-2-1-3-6-12/h1-3,5-6,13-14,17H,4,7-11H2,(H,18,19)(H,20,21)/t13?,14-/m0/s1. The number of aryl methyl sites for hydroxylation is 1. The molecule has 5 nitrogen and oxygen atoms in total. The number of carboxylic acids is 1.